The van der Waals surface area contributed by atoms with E-state index in [4.69, 9.17) is 37.4 Å². The molecule has 140 valence electrons. The van der Waals surface area contributed by atoms with Crippen molar-refractivity contribution in [3.8, 4) is 5.75 Å². The minimum absolute atomic E-state index is 0.0322. The molecule has 1 rings (SSSR count). The maximum atomic E-state index is 12.4. The van der Waals surface area contributed by atoms with Crippen molar-refractivity contribution >= 4 is 35.3 Å². The van der Waals surface area contributed by atoms with Gasteiger partial charge in [0.2, 0.25) is 0 Å². The summed E-state index contributed by atoms with van der Waals surface area (Å²) in [6.45, 7) is 8.56. The molecule has 25 heavy (non-hydrogen) atoms. The quantitative estimate of drug-likeness (QED) is 0.749. The van der Waals surface area contributed by atoms with E-state index in [9.17, 15) is 9.59 Å². The Bertz CT molecular complexity index is 653. The average Bonchev–Trinajstić information content (AvgIpc) is 2.44. The summed E-state index contributed by atoms with van der Waals surface area (Å²) in [7, 11) is 1.38. The normalized spacial score (nSPS) is 11.7. The summed E-state index contributed by atoms with van der Waals surface area (Å²) < 4.78 is 15.6. The standard InChI is InChI=1S/C17H23Cl2NO5/c1-16(2,3)25-15(22)20-17(4,5)9-24-14(21)12-10(18)7-8-11(19)13(12)23-6/h7-8H,9H2,1-6H3,(H,20,22). The number of carbonyl (C=O) groups is 2. The number of benzene rings is 1. The molecule has 0 heterocycles. The van der Waals surface area contributed by atoms with Gasteiger partial charge in [0, 0.05) is 0 Å². The molecule has 0 aliphatic heterocycles. The highest BCUT2D eigenvalue weighted by Gasteiger charge is 2.28. The molecule has 0 spiro atoms. The highest BCUT2D eigenvalue weighted by molar-refractivity contribution is 6.37. The summed E-state index contributed by atoms with van der Waals surface area (Å²) in [5.74, 6) is -0.569. The van der Waals surface area contributed by atoms with Crippen molar-refractivity contribution in [3.63, 3.8) is 0 Å². The third-order valence-electron chi connectivity index (χ3n) is 2.87. The van der Waals surface area contributed by atoms with E-state index in [-0.39, 0.29) is 28.0 Å². The first-order chi connectivity index (χ1) is 11.4. The molecule has 0 aromatic heterocycles. The Labute approximate surface area is 157 Å². The largest absolute Gasteiger partial charge is 0.494 e. The van der Waals surface area contributed by atoms with Crippen molar-refractivity contribution < 1.29 is 23.8 Å². The lowest BCUT2D eigenvalue weighted by Gasteiger charge is -2.28. The van der Waals surface area contributed by atoms with Gasteiger partial charge in [-0.25, -0.2) is 9.59 Å². The SMILES string of the molecule is COc1c(Cl)ccc(Cl)c1C(=O)OCC(C)(C)NC(=O)OC(C)(C)C. The van der Waals surface area contributed by atoms with Gasteiger partial charge in [0.15, 0.2) is 5.75 Å². The van der Waals surface area contributed by atoms with Crippen LogP contribution < -0.4 is 10.1 Å². The van der Waals surface area contributed by atoms with Gasteiger partial charge in [-0.15, -0.1) is 0 Å². The second-order valence-corrected chi connectivity index (χ2v) is 7.84. The number of methoxy groups -OCH3 is 1. The Morgan fingerprint density at radius 1 is 1.08 bits per heavy atom. The third kappa shape index (κ3) is 6.63. The van der Waals surface area contributed by atoms with E-state index in [1.807, 2.05) is 0 Å². The lowest BCUT2D eigenvalue weighted by molar-refractivity contribution is 0.0283. The molecule has 1 amide bonds. The molecule has 0 atom stereocenters. The van der Waals surface area contributed by atoms with E-state index in [1.165, 1.54) is 19.2 Å². The molecule has 0 fully saturated rings. The first-order valence-electron chi connectivity index (χ1n) is 7.56. The van der Waals surface area contributed by atoms with Crippen LogP contribution in [-0.4, -0.2) is 36.9 Å². The van der Waals surface area contributed by atoms with E-state index in [0.29, 0.717) is 0 Å². The Hall–Kier alpha value is -1.66. The first-order valence-corrected chi connectivity index (χ1v) is 8.32. The number of carbonyl (C=O) groups excluding carboxylic acids is 2. The van der Waals surface area contributed by atoms with Crippen LogP contribution in [0.3, 0.4) is 0 Å². The van der Waals surface area contributed by atoms with Crippen molar-refractivity contribution in [1.29, 1.82) is 0 Å². The van der Waals surface area contributed by atoms with Crippen molar-refractivity contribution in [2.24, 2.45) is 0 Å². The van der Waals surface area contributed by atoms with Crippen molar-refractivity contribution in [1.82, 2.24) is 5.32 Å². The maximum absolute atomic E-state index is 12.4. The molecule has 1 aromatic rings. The molecule has 0 bridgehead atoms. The molecule has 0 saturated carbocycles. The molecule has 0 aliphatic carbocycles. The minimum atomic E-state index is -0.851. The summed E-state index contributed by atoms with van der Waals surface area (Å²) >= 11 is 12.1. The van der Waals surface area contributed by atoms with Gasteiger partial charge in [-0.2, -0.15) is 0 Å². The predicted octanol–water partition coefficient (Wildman–Crippen LogP) is 4.46. The summed E-state index contributed by atoms with van der Waals surface area (Å²) in [6.07, 6.45) is -0.605. The van der Waals surface area contributed by atoms with Crippen LogP contribution in [0.15, 0.2) is 12.1 Å². The molecule has 1 aromatic carbocycles. The number of amides is 1. The topological polar surface area (TPSA) is 73.9 Å². The average molecular weight is 392 g/mol. The second kappa shape index (κ2) is 8.15. The number of alkyl carbamates (subject to hydrolysis) is 1. The molecule has 1 N–H and O–H groups in total. The van der Waals surface area contributed by atoms with E-state index < -0.39 is 23.2 Å². The Kier molecular flexibility index (Phi) is 6.97. The first kappa shape index (κ1) is 21.4. The number of hydrogen-bond acceptors (Lipinski definition) is 5. The van der Waals surface area contributed by atoms with Crippen molar-refractivity contribution in [2.75, 3.05) is 13.7 Å². The molecule has 0 aliphatic rings. The van der Waals surface area contributed by atoms with Crippen LogP contribution in [0, 0.1) is 0 Å². The van der Waals surface area contributed by atoms with E-state index in [2.05, 4.69) is 5.32 Å². The van der Waals surface area contributed by atoms with Crippen LogP contribution >= 0.6 is 23.2 Å². The van der Waals surface area contributed by atoms with Gasteiger partial charge < -0.3 is 19.5 Å². The third-order valence-corrected chi connectivity index (χ3v) is 3.48. The summed E-state index contributed by atoms with van der Waals surface area (Å²) in [4.78, 5) is 24.2. The zero-order valence-electron chi connectivity index (χ0n) is 15.2. The van der Waals surface area contributed by atoms with Crippen molar-refractivity contribution in [2.45, 2.75) is 45.8 Å². The maximum Gasteiger partial charge on any atom is 0.408 e. The summed E-state index contributed by atoms with van der Waals surface area (Å²) in [6, 6.07) is 3.00. The number of esters is 1. The monoisotopic (exact) mass is 391 g/mol. The fraction of sp³-hybridized carbons (Fsp3) is 0.529. The van der Waals surface area contributed by atoms with Gasteiger partial charge in [0.25, 0.3) is 0 Å². The van der Waals surface area contributed by atoms with Crippen LogP contribution in [0.1, 0.15) is 45.0 Å². The molecule has 0 radical (unpaired) electrons. The van der Waals surface area contributed by atoms with Gasteiger partial charge in [-0.3, -0.25) is 0 Å². The van der Waals surface area contributed by atoms with Gasteiger partial charge in [-0.1, -0.05) is 23.2 Å². The lowest BCUT2D eigenvalue weighted by atomic mass is 10.1. The lowest BCUT2D eigenvalue weighted by Crippen LogP contribution is -2.49. The number of rotatable bonds is 5. The fourth-order valence-electron chi connectivity index (χ4n) is 1.86. The molecule has 0 saturated heterocycles. The fourth-order valence-corrected chi connectivity index (χ4v) is 2.32. The van der Waals surface area contributed by atoms with Crippen LogP contribution in [0.5, 0.6) is 5.75 Å². The highest BCUT2D eigenvalue weighted by Crippen LogP contribution is 2.34. The van der Waals surface area contributed by atoms with Crippen LogP contribution in [0.2, 0.25) is 10.0 Å². The Morgan fingerprint density at radius 3 is 2.16 bits per heavy atom. The van der Waals surface area contributed by atoms with Crippen LogP contribution in [0.4, 0.5) is 4.79 Å². The minimum Gasteiger partial charge on any atom is -0.494 e. The number of halogens is 2. The smallest absolute Gasteiger partial charge is 0.408 e. The van der Waals surface area contributed by atoms with Gasteiger partial charge >= 0.3 is 12.1 Å². The summed E-state index contributed by atoms with van der Waals surface area (Å²) in [5.41, 5.74) is -1.45. The zero-order chi connectivity index (χ0) is 19.4. The van der Waals surface area contributed by atoms with Gasteiger partial charge in [0.05, 0.1) is 22.7 Å². The molecular weight excluding hydrogens is 369 g/mol. The van der Waals surface area contributed by atoms with E-state index >= 15 is 0 Å². The zero-order valence-corrected chi connectivity index (χ0v) is 16.7. The molecule has 6 nitrogen and oxygen atoms in total. The van der Waals surface area contributed by atoms with E-state index in [1.54, 1.807) is 34.6 Å². The molecule has 0 unspecified atom stereocenters. The Balaban J connectivity index is 2.79. The van der Waals surface area contributed by atoms with Crippen LogP contribution in [0.25, 0.3) is 0 Å². The van der Waals surface area contributed by atoms with Gasteiger partial charge in [0.1, 0.15) is 17.8 Å². The Morgan fingerprint density at radius 2 is 1.64 bits per heavy atom. The van der Waals surface area contributed by atoms with E-state index in [0.717, 1.165) is 0 Å². The highest BCUT2D eigenvalue weighted by atomic mass is 35.5. The summed E-state index contributed by atoms with van der Waals surface area (Å²) in [5, 5.41) is 3.04. The second-order valence-electron chi connectivity index (χ2n) is 7.02. The van der Waals surface area contributed by atoms with Crippen molar-refractivity contribution in [3.05, 3.63) is 27.7 Å². The van der Waals surface area contributed by atoms with Crippen LogP contribution in [-0.2, 0) is 9.47 Å². The number of hydrogen-bond donors (Lipinski definition) is 1. The number of ether oxygens (including phenoxy) is 3. The molecular formula is C17H23Cl2NO5. The predicted molar refractivity (Wildman–Crippen MR) is 96.7 cm³/mol. The van der Waals surface area contributed by atoms with Gasteiger partial charge in [-0.05, 0) is 46.8 Å². The molecule has 8 heteroatoms. The number of nitrogens with one attached hydrogen (secondary N) is 1.